The number of esters is 1. The highest BCUT2D eigenvalue weighted by Crippen LogP contribution is 2.32. The highest BCUT2D eigenvalue weighted by Gasteiger charge is 2.23. The van der Waals surface area contributed by atoms with Crippen molar-refractivity contribution in [3.8, 4) is 5.75 Å². The molecule has 128 valence electrons. The smallest absolute Gasteiger partial charge is 0.351 e. The van der Waals surface area contributed by atoms with Crippen molar-refractivity contribution < 1.29 is 13.9 Å². The Morgan fingerprint density at radius 1 is 1.04 bits per heavy atom. The second-order valence-corrected chi connectivity index (χ2v) is 7.12. The average Bonchev–Trinajstić information content (AvgIpc) is 2.54. The third-order valence-corrected chi connectivity index (χ3v) is 4.01. The van der Waals surface area contributed by atoms with Crippen LogP contribution in [0.25, 0.3) is 11.0 Å². The van der Waals surface area contributed by atoms with E-state index in [4.69, 9.17) is 9.15 Å². The van der Waals surface area contributed by atoms with Crippen molar-refractivity contribution >= 4 is 16.9 Å². The molecule has 0 aliphatic heterocycles. The molecule has 4 nitrogen and oxygen atoms in total. The number of hydrogen-bond donors (Lipinski definition) is 0. The lowest BCUT2D eigenvalue weighted by Crippen LogP contribution is -2.21. The van der Waals surface area contributed by atoms with E-state index in [-0.39, 0.29) is 11.0 Å². The maximum Gasteiger partial charge on any atom is 0.351 e. The van der Waals surface area contributed by atoms with Gasteiger partial charge in [-0.15, -0.1) is 0 Å². The molecule has 1 heterocycles. The largest absolute Gasteiger partial charge is 0.422 e. The van der Waals surface area contributed by atoms with Crippen LogP contribution in [0.15, 0.2) is 57.7 Å². The van der Waals surface area contributed by atoms with Crippen molar-refractivity contribution in [3.05, 3.63) is 75.6 Å². The maximum absolute atomic E-state index is 12.6. The lowest BCUT2D eigenvalue weighted by atomic mass is 9.85. The van der Waals surface area contributed by atoms with Gasteiger partial charge in [-0.3, -0.25) is 0 Å². The van der Waals surface area contributed by atoms with Gasteiger partial charge in [0.15, 0.2) is 0 Å². The molecule has 0 fully saturated rings. The molecular formula is C21H20O4. The van der Waals surface area contributed by atoms with Crippen molar-refractivity contribution in [3.63, 3.8) is 0 Å². The second-order valence-electron chi connectivity index (χ2n) is 7.12. The number of rotatable bonds is 2. The van der Waals surface area contributed by atoms with Gasteiger partial charge in [0.25, 0.3) is 0 Å². The average molecular weight is 336 g/mol. The molecule has 0 saturated carbocycles. The minimum Gasteiger partial charge on any atom is -0.422 e. The summed E-state index contributed by atoms with van der Waals surface area (Å²) in [6, 6.07) is 14.2. The number of aryl methyl sites for hydroxylation is 1. The van der Waals surface area contributed by atoms with E-state index in [2.05, 4.69) is 0 Å². The summed E-state index contributed by atoms with van der Waals surface area (Å²) in [6.45, 7) is 8.12. The summed E-state index contributed by atoms with van der Waals surface area (Å²) < 4.78 is 10.8. The van der Waals surface area contributed by atoms with Gasteiger partial charge in [0.05, 0.1) is 0 Å². The van der Waals surface area contributed by atoms with Crippen LogP contribution in [-0.4, -0.2) is 5.97 Å². The van der Waals surface area contributed by atoms with Gasteiger partial charge in [0.2, 0.25) is 0 Å². The van der Waals surface area contributed by atoms with Crippen molar-refractivity contribution in [2.45, 2.75) is 33.1 Å². The third kappa shape index (κ3) is 3.48. The zero-order valence-corrected chi connectivity index (χ0v) is 14.8. The summed E-state index contributed by atoms with van der Waals surface area (Å²) in [5, 5.41) is 0.675. The van der Waals surface area contributed by atoms with Crippen LogP contribution in [0.2, 0.25) is 0 Å². The van der Waals surface area contributed by atoms with Crippen molar-refractivity contribution in [1.29, 1.82) is 0 Å². The van der Waals surface area contributed by atoms with E-state index >= 15 is 0 Å². The monoisotopic (exact) mass is 336 g/mol. The van der Waals surface area contributed by atoms with Crippen molar-refractivity contribution in [2.24, 2.45) is 0 Å². The van der Waals surface area contributed by atoms with E-state index in [1.807, 2.05) is 45.9 Å². The molecule has 1 aromatic heterocycles. The van der Waals surface area contributed by atoms with Crippen LogP contribution in [-0.2, 0) is 5.41 Å². The van der Waals surface area contributed by atoms with Gasteiger partial charge < -0.3 is 9.15 Å². The molecule has 2 aromatic carbocycles. The summed E-state index contributed by atoms with van der Waals surface area (Å²) in [5.74, 6) is -0.260. The SMILES string of the molecule is Cc1ccc(OC(=O)c2cc3ccccc3oc2=O)c(C(C)(C)C)c1. The Kier molecular flexibility index (Phi) is 4.21. The molecule has 0 atom stereocenters. The maximum atomic E-state index is 12.6. The summed E-state index contributed by atoms with van der Waals surface area (Å²) in [4.78, 5) is 24.7. The number of para-hydroxylation sites is 1. The van der Waals surface area contributed by atoms with E-state index in [9.17, 15) is 9.59 Å². The standard InChI is InChI=1S/C21H20O4/c1-13-9-10-18(16(11-13)21(2,3)4)25-20(23)15-12-14-7-5-6-8-17(14)24-19(15)22/h5-12H,1-4H3. The number of ether oxygens (including phenoxy) is 1. The molecule has 3 rings (SSSR count). The topological polar surface area (TPSA) is 56.5 Å². The molecule has 0 amide bonds. The minimum atomic E-state index is -0.714. The van der Waals surface area contributed by atoms with Gasteiger partial charge >= 0.3 is 11.6 Å². The van der Waals surface area contributed by atoms with Crippen LogP contribution in [0, 0.1) is 6.92 Å². The van der Waals surface area contributed by atoms with E-state index in [1.165, 1.54) is 6.07 Å². The van der Waals surface area contributed by atoms with Crippen LogP contribution >= 0.6 is 0 Å². The van der Waals surface area contributed by atoms with Crippen LogP contribution in [0.3, 0.4) is 0 Å². The fraction of sp³-hybridized carbons (Fsp3) is 0.238. The highest BCUT2D eigenvalue weighted by atomic mass is 16.5. The minimum absolute atomic E-state index is 0.112. The first-order chi connectivity index (χ1) is 11.8. The Morgan fingerprint density at radius 2 is 1.76 bits per heavy atom. The number of fused-ring (bicyclic) bond motifs is 1. The normalized spacial score (nSPS) is 11.5. The summed E-state index contributed by atoms with van der Waals surface area (Å²) in [7, 11) is 0. The number of carbonyl (C=O) groups excluding carboxylic acids is 1. The highest BCUT2D eigenvalue weighted by molar-refractivity contribution is 5.94. The predicted molar refractivity (Wildman–Crippen MR) is 97.3 cm³/mol. The molecule has 25 heavy (non-hydrogen) atoms. The molecule has 0 unspecified atom stereocenters. The Hall–Kier alpha value is -2.88. The second kappa shape index (κ2) is 6.20. The lowest BCUT2D eigenvalue weighted by molar-refractivity contribution is 0.0727. The van der Waals surface area contributed by atoms with Gasteiger partial charge in [0.1, 0.15) is 16.9 Å². The fourth-order valence-electron chi connectivity index (χ4n) is 2.68. The zero-order chi connectivity index (χ0) is 18.2. The van der Waals surface area contributed by atoms with Crippen LogP contribution in [0.1, 0.15) is 42.3 Å². The third-order valence-electron chi connectivity index (χ3n) is 4.01. The number of benzene rings is 2. The van der Waals surface area contributed by atoms with Crippen molar-refractivity contribution in [2.75, 3.05) is 0 Å². The quantitative estimate of drug-likeness (QED) is 0.389. The first-order valence-corrected chi connectivity index (χ1v) is 8.12. The Morgan fingerprint density at radius 3 is 2.48 bits per heavy atom. The van der Waals surface area contributed by atoms with Gasteiger partial charge in [-0.05, 0) is 30.5 Å². The Labute approximate surface area is 146 Å². The van der Waals surface area contributed by atoms with E-state index in [0.29, 0.717) is 16.7 Å². The van der Waals surface area contributed by atoms with Crippen LogP contribution in [0.5, 0.6) is 5.75 Å². The summed E-state index contributed by atoms with van der Waals surface area (Å²) in [5.41, 5.74) is 1.42. The zero-order valence-electron chi connectivity index (χ0n) is 14.8. The molecule has 0 radical (unpaired) electrons. The van der Waals surface area contributed by atoms with Gasteiger partial charge in [-0.1, -0.05) is 56.7 Å². The number of carbonyl (C=O) groups is 1. The molecule has 0 bridgehead atoms. The van der Waals surface area contributed by atoms with Crippen LogP contribution < -0.4 is 10.4 Å². The first-order valence-electron chi connectivity index (χ1n) is 8.12. The predicted octanol–water partition coefficient (Wildman–Crippen LogP) is 4.62. The molecule has 0 aliphatic carbocycles. The van der Waals surface area contributed by atoms with E-state index < -0.39 is 11.6 Å². The number of hydrogen-bond acceptors (Lipinski definition) is 4. The van der Waals surface area contributed by atoms with E-state index in [0.717, 1.165) is 11.1 Å². The van der Waals surface area contributed by atoms with Gasteiger partial charge in [-0.2, -0.15) is 0 Å². The first kappa shape index (κ1) is 17.0. The lowest BCUT2D eigenvalue weighted by Gasteiger charge is -2.22. The van der Waals surface area contributed by atoms with E-state index in [1.54, 1.807) is 24.3 Å². The van der Waals surface area contributed by atoms with Gasteiger partial charge in [-0.25, -0.2) is 9.59 Å². The molecule has 0 spiro atoms. The van der Waals surface area contributed by atoms with Crippen molar-refractivity contribution in [1.82, 2.24) is 0 Å². The molecule has 4 heteroatoms. The molecule has 0 N–H and O–H groups in total. The van der Waals surface area contributed by atoms with Crippen LogP contribution in [0.4, 0.5) is 0 Å². The molecular weight excluding hydrogens is 316 g/mol. The summed E-state index contributed by atoms with van der Waals surface area (Å²) in [6.07, 6.45) is 0. The molecule has 3 aromatic rings. The van der Waals surface area contributed by atoms with Gasteiger partial charge in [0, 0.05) is 10.9 Å². The Balaban J connectivity index is 2.01. The fourth-order valence-corrected chi connectivity index (χ4v) is 2.68. The molecule has 0 aliphatic rings. The molecule has 0 saturated heterocycles. The Bertz CT molecular complexity index is 1010. The summed E-state index contributed by atoms with van der Waals surface area (Å²) >= 11 is 0.